The maximum atomic E-state index is 12.3. The number of rotatable bonds is 3. The Morgan fingerprint density at radius 3 is 2.58 bits per heavy atom. The Bertz CT molecular complexity index is 1080. The fraction of sp³-hybridized carbons (Fsp3) is 0.611. The Kier molecular flexibility index (Phi) is 4.02. The summed E-state index contributed by atoms with van der Waals surface area (Å²) in [6.45, 7) is 10.7. The highest BCUT2D eigenvalue weighted by atomic mass is 16.2. The van der Waals surface area contributed by atoms with Gasteiger partial charge in [0.1, 0.15) is 0 Å². The maximum Gasteiger partial charge on any atom is 0.329 e. The molecule has 0 bridgehead atoms. The summed E-state index contributed by atoms with van der Waals surface area (Å²) in [5.74, 6) is 2.17. The van der Waals surface area contributed by atoms with Crippen LogP contribution in [0.3, 0.4) is 0 Å². The monoisotopic (exact) mass is 358 g/mol. The zero-order chi connectivity index (χ0) is 18.6. The van der Waals surface area contributed by atoms with E-state index in [1.165, 1.54) is 11.0 Å². The van der Waals surface area contributed by atoms with Crippen molar-refractivity contribution in [3.05, 3.63) is 32.7 Å². The standard InChI is InChI=1S/C18H26N6O2/c1-11-7-12(2)9-22(8-11)5-6-23-13(3)10-24-14-15(19-17(23)24)21(4)18(26)20-16(14)25/h10-12H,5-9H2,1-4H3,(H,20,25,26)/t11-,12+. The number of imidazole rings is 2. The number of hydrogen-bond donors (Lipinski definition) is 1. The quantitative estimate of drug-likeness (QED) is 0.756. The van der Waals surface area contributed by atoms with E-state index < -0.39 is 11.2 Å². The van der Waals surface area contributed by atoms with Gasteiger partial charge >= 0.3 is 5.69 Å². The summed E-state index contributed by atoms with van der Waals surface area (Å²) in [6, 6.07) is 0. The van der Waals surface area contributed by atoms with E-state index in [1.807, 2.05) is 13.1 Å². The summed E-state index contributed by atoms with van der Waals surface area (Å²) >= 11 is 0. The maximum absolute atomic E-state index is 12.3. The minimum Gasteiger partial charge on any atom is -0.313 e. The fourth-order valence-electron chi connectivity index (χ4n) is 4.41. The van der Waals surface area contributed by atoms with Crippen molar-refractivity contribution in [3.63, 3.8) is 0 Å². The summed E-state index contributed by atoms with van der Waals surface area (Å²) in [7, 11) is 1.63. The predicted octanol–water partition coefficient (Wildman–Crippen LogP) is 0.962. The van der Waals surface area contributed by atoms with E-state index in [2.05, 4.69) is 33.3 Å². The molecule has 0 aliphatic carbocycles. The van der Waals surface area contributed by atoms with Gasteiger partial charge in [-0.05, 0) is 25.2 Å². The van der Waals surface area contributed by atoms with Crippen LogP contribution in [0.2, 0.25) is 0 Å². The van der Waals surface area contributed by atoms with Crippen molar-refractivity contribution in [1.29, 1.82) is 0 Å². The van der Waals surface area contributed by atoms with Crippen LogP contribution in [-0.4, -0.2) is 48.0 Å². The first kappa shape index (κ1) is 17.1. The predicted molar refractivity (Wildman–Crippen MR) is 101 cm³/mol. The fourth-order valence-corrected chi connectivity index (χ4v) is 4.41. The van der Waals surface area contributed by atoms with Gasteiger partial charge in [0.05, 0.1) is 0 Å². The smallest absolute Gasteiger partial charge is 0.313 e. The van der Waals surface area contributed by atoms with Gasteiger partial charge in [0.2, 0.25) is 5.78 Å². The summed E-state index contributed by atoms with van der Waals surface area (Å²) in [4.78, 5) is 33.6. The Morgan fingerprint density at radius 1 is 1.19 bits per heavy atom. The van der Waals surface area contributed by atoms with E-state index in [9.17, 15) is 9.59 Å². The van der Waals surface area contributed by atoms with Gasteiger partial charge in [-0.2, -0.15) is 4.98 Å². The number of aromatic amines is 1. The molecule has 3 aromatic heterocycles. The van der Waals surface area contributed by atoms with Crippen molar-refractivity contribution < 1.29 is 0 Å². The number of piperidine rings is 1. The molecule has 0 amide bonds. The van der Waals surface area contributed by atoms with Gasteiger partial charge < -0.3 is 9.47 Å². The highest BCUT2D eigenvalue weighted by molar-refractivity contribution is 5.75. The minimum atomic E-state index is -0.442. The van der Waals surface area contributed by atoms with Gasteiger partial charge in [-0.1, -0.05) is 13.8 Å². The van der Waals surface area contributed by atoms with E-state index >= 15 is 0 Å². The van der Waals surface area contributed by atoms with Gasteiger partial charge in [-0.15, -0.1) is 0 Å². The number of aromatic nitrogens is 5. The molecule has 8 heteroatoms. The first-order valence-corrected chi connectivity index (χ1v) is 9.24. The third-order valence-corrected chi connectivity index (χ3v) is 5.50. The van der Waals surface area contributed by atoms with Crippen molar-refractivity contribution in [2.75, 3.05) is 19.6 Å². The van der Waals surface area contributed by atoms with E-state index in [4.69, 9.17) is 0 Å². The summed E-state index contributed by atoms with van der Waals surface area (Å²) < 4.78 is 5.32. The zero-order valence-corrected chi connectivity index (χ0v) is 15.8. The molecule has 0 spiro atoms. The zero-order valence-electron chi connectivity index (χ0n) is 15.8. The second kappa shape index (κ2) is 6.12. The number of fused-ring (bicyclic) bond motifs is 3. The number of nitrogens with zero attached hydrogens (tertiary/aromatic N) is 5. The second-order valence-corrected chi connectivity index (χ2v) is 7.90. The molecule has 0 aromatic carbocycles. The first-order chi connectivity index (χ1) is 12.3. The van der Waals surface area contributed by atoms with Crippen LogP contribution in [0, 0.1) is 18.8 Å². The molecule has 4 rings (SSSR count). The molecule has 1 aliphatic rings. The number of aryl methyl sites for hydroxylation is 2. The van der Waals surface area contributed by atoms with Gasteiger partial charge in [0.25, 0.3) is 5.56 Å². The Balaban J connectivity index is 1.71. The van der Waals surface area contributed by atoms with Crippen LogP contribution in [0.1, 0.15) is 26.0 Å². The van der Waals surface area contributed by atoms with Crippen LogP contribution < -0.4 is 11.2 Å². The molecule has 1 saturated heterocycles. The lowest BCUT2D eigenvalue weighted by Crippen LogP contribution is -2.40. The normalized spacial score (nSPS) is 21.8. The van der Waals surface area contributed by atoms with E-state index in [0.717, 1.165) is 43.7 Å². The van der Waals surface area contributed by atoms with Gasteiger partial charge in [-0.25, -0.2) is 4.79 Å². The Morgan fingerprint density at radius 2 is 1.88 bits per heavy atom. The molecule has 3 aromatic rings. The summed E-state index contributed by atoms with van der Waals surface area (Å²) in [5, 5.41) is 0. The van der Waals surface area contributed by atoms with Gasteiger partial charge in [-0.3, -0.25) is 18.7 Å². The van der Waals surface area contributed by atoms with E-state index in [0.29, 0.717) is 16.9 Å². The SMILES string of the molecule is Cc1cn2c3c(=O)[nH]c(=O)n(C)c3nc2n1CCN1C[C@H](C)C[C@H](C)C1. The van der Waals surface area contributed by atoms with Crippen molar-refractivity contribution in [2.45, 2.75) is 33.7 Å². The molecule has 0 saturated carbocycles. The first-order valence-electron chi connectivity index (χ1n) is 9.24. The minimum absolute atomic E-state index is 0.397. The summed E-state index contributed by atoms with van der Waals surface area (Å²) in [6.07, 6.45) is 3.22. The van der Waals surface area contributed by atoms with Crippen LogP contribution in [0.4, 0.5) is 0 Å². The van der Waals surface area contributed by atoms with Crippen LogP contribution in [0.5, 0.6) is 0 Å². The van der Waals surface area contributed by atoms with Crippen molar-refractivity contribution in [1.82, 2.24) is 28.4 Å². The number of H-pyrrole nitrogens is 1. The van der Waals surface area contributed by atoms with E-state index in [1.54, 1.807) is 11.4 Å². The lowest BCUT2D eigenvalue weighted by molar-refractivity contribution is 0.137. The molecule has 1 N–H and O–H groups in total. The molecule has 4 heterocycles. The van der Waals surface area contributed by atoms with Crippen LogP contribution in [-0.2, 0) is 13.6 Å². The molecule has 0 radical (unpaired) electrons. The molecule has 8 nitrogen and oxygen atoms in total. The molecule has 2 atom stereocenters. The largest absolute Gasteiger partial charge is 0.329 e. The average molecular weight is 358 g/mol. The Hall–Kier alpha value is -2.35. The lowest BCUT2D eigenvalue weighted by Gasteiger charge is -2.35. The third kappa shape index (κ3) is 2.68. The molecule has 140 valence electrons. The molecular formula is C18H26N6O2. The molecular weight excluding hydrogens is 332 g/mol. The molecule has 26 heavy (non-hydrogen) atoms. The van der Waals surface area contributed by atoms with Gasteiger partial charge in [0.15, 0.2) is 11.2 Å². The lowest BCUT2D eigenvalue weighted by atomic mass is 9.92. The number of likely N-dealkylation sites (tertiary alicyclic amines) is 1. The van der Waals surface area contributed by atoms with Gasteiger partial charge in [0, 0.05) is 45.1 Å². The third-order valence-electron chi connectivity index (χ3n) is 5.50. The van der Waals surface area contributed by atoms with Crippen molar-refractivity contribution >= 4 is 16.9 Å². The van der Waals surface area contributed by atoms with Crippen LogP contribution in [0.25, 0.3) is 16.9 Å². The average Bonchev–Trinajstić information content (AvgIpc) is 3.05. The second-order valence-electron chi connectivity index (χ2n) is 7.90. The molecule has 1 fully saturated rings. The summed E-state index contributed by atoms with van der Waals surface area (Å²) in [5.41, 5.74) is 1.06. The Labute approximate surface area is 151 Å². The van der Waals surface area contributed by atoms with Crippen molar-refractivity contribution in [3.8, 4) is 0 Å². The number of nitrogens with one attached hydrogen (secondary N) is 1. The number of hydrogen-bond acceptors (Lipinski definition) is 4. The molecule has 0 unspecified atom stereocenters. The highest BCUT2D eigenvalue weighted by Crippen LogP contribution is 2.21. The van der Waals surface area contributed by atoms with Crippen LogP contribution in [0.15, 0.2) is 15.8 Å². The highest BCUT2D eigenvalue weighted by Gasteiger charge is 2.22. The topological polar surface area (TPSA) is 80.3 Å². The van der Waals surface area contributed by atoms with Crippen molar-refractivity contribution in [2.24, 2.45) is 18.9 Å². The van der Waals surface area contributed by atoms with Crippen LogP contribution >= 0.6 is 0 Å². The molecule has 1 aliphatic heterocycles. The van der Waals surface area contributed by atoms with E-state index in [-0.39, 0.29) is 0 Å².